The normalized spacial score (nSPS) is 22.0. The van der Waals surface area contributed by atoms with E-state index in [9.17, 15) is 9.59 Å². The molecule has 1 saturated heterocycles. The van der Waals surface area contributed by atoms with Crippen LogP contribution in [0.15, 0.2) is 60.7 Å². The summed E-state index contributed by atoms with van der Waals surface area (Å²) >= 11 is 0. The van der Waals surface area contributed by atoms with E-state index in [0.717, 1.165) is 17.4 Å². The Kier molecular flexibility index (Phi) is 4.05. The first-order chi connectivity index (χ1) is 10.7. The molecule has 2 aromatic carbocycles. The third kappa shape index (κ3) is 2.54. The van der Waals surface area contributed by atoms with Gasteiger partial charge in [0, 0.05) is 0 Å². The van der Waals surface area contributed by atoms with Gasteiger partial charge in [-0.2, -0.15) is 0 Å². The summed E-state index contributed by atoms with van der Waals surface area (Å²) in [6, 6.07) is 19.3. The van der Waals surface area contributed by atoms with E-state index in [1.807, 2.05) is 67.6 Å². The van der Waals surface area contributed by atoms with Gasteiger partial charge in [-0.1, -0.05) is 60.7 Å². The van der Waals surface area contributed by atoms with Gasteiger partial charge in [0.05, 0.1) is 18.0 Å². The van der Waals surface area contributed by atoms with Crippen LogP contribution in [0.2, 0.25) is 0 Å². The molecular weight excluding hydrogens is 274 g/mol. The standard InChI is InChI=1S/C19H19NO2/c1-14(16-10-6-3-7-11-16)20-18(13-21)17(19(20)22)12-15-8-4-2-5-9-15/h2-11,13-14,17-18H,12H2,1H3/t14-,17?,18?/m0/s1. The van der Waals surface area contributed by atoms with Crippen molar-refractivity contribution >= 4 is 12.2 Å². The molecular formula is C19H19NO2. The maximum atomic E-state index is 12.5. The van der Waals surface area contributed by atoms with Crippen molar-refractivity contribution in [2.45, 2.75) is 25.4 Å². The Labute approximate surface area is 130 Å². The lowest BCUT2D eigenvalue weighted by Gasteiger charge is -2.48. The van der Waals surface area contributed by atoms with Gasteiger partial charge in [-0.25, -0.2) is 0 Å². The highest BCUT2D eigenvalue weighted by Gasteiger charge is 2.49. The molecule has 1 fully saturated rings. The minimum Gasteiger partial charge on any atom is -0.325 e. The molecule has 0 aliphatic carbocycles. The van der Waals surface area contributed by atoms with Crippen LogP contribution in [0, 0.1) is 5.92 Å². The highest BCUT2D eigenvalue weighted by atomic mass is 16.2. The van der Waals surface area contributed by atoms with Gasteiger partial charge < -0.3 is 9.69 Å². The van der Waals surface area contributed by atoms with E-state index in [1.165, 1.54) is 0 Å². The summed E-state index contributed by atoms with van der Waals surface area (Å²) in [5.41, 5.74) is 2.15. The van der Waals surface area contributed by atoms with Crippen LogP contribution in [-0.2, 0) is 16.0 Å². The van der Waals surface area contributed by atoms with E-state index < -0.39 is 0 Å². The number of β-lactam (4-membered cyclic amide) rings is 1. The Hall–Kier alpha value is -2.42. The molecule has 22 heavy (non-hydrogen) atoms. The van der Waals surface area contributed by atoms with Crippen molar-refractivity contribution in [3.63, 3.8) is 0 Å². The van der Waals surface area contributed by atoms with Gasteiger partial charge in [0.1, 0.15) is 6.29 Å². The summed E-state index contributed by atoms with van der Waals surface area (Å²) < 4.78 is 0. The molecule has 0 aromatic heterocycles. The van der Waals surface area contributed by atoms with Gasteiger partial charge in [-0.15, -0.1) is 0 Å². The smallest absolute Gasteiger partial charge is 0.229 e. The second-order valence-corrected chi connectivity index (χ2v) is 5.76. The molecule has 1 amide bonds. The molecule has 0 saturated carbocycles. The Bertz CT molecular complexity index is 654. The van der Waals surface area contributed by atoms with Crippen LogP contribution in [0.5, 0.6) is 0 Å². The van der Waals surface area contributed by atoms with Crippen molar-refractivity contribution < 1.29 is 9.59 Å². The first kappa shape index (κ1) is 14.5. The topological polar surface area (TPSA) is 37.4 Å². The number of carbonyl (C=O) groups excluding carboxylic acids is 2. The van der Waals surface area contributed by atoms with E-state index in [2.05, 4.69) is 0 Å². The Morgan fingerprint density at radius 2 is 1.64 bits per heavy atom. The average Bonchev–Trinajstić information content (AvgIpc) is 2.58. The number of amides is 1. The van der Waals surface area contributed by atoms with Crippen molar-refractivity contribution in [2.75, 3.05) is 0 Å². The van der Waals surface area contributed by atoms with E-state index >= 15 is 0 Å². The summed E-state index contributed by atoms with van der Waals surface area (Å²) in [4.78, 5) is 25.7. The Morgan fingerprint density at radius 3 is 2.23 bits per heavy atom. The summed E-state index contributed by atoms with van der Waals surface area (Å²) in [6.07, 6.45) is 1.54. The number of likely N-dealkylation sites (tertiary alicyclic amines) is 1. The van der Waals surface area contributed by atoms with Gasteiger partial charge in [0.25, 0.3) is 0 Å². The van der Waals surface area contributed by atoms with Gasteiger partial charge in [-0.05, 0) is 24.5 Å². The van der Waals surface area contributed by atoms with E-state index in [0.29, 0.717) is 6.42 Å². The molecule has 112 valence electrons. The van der Waals surface area contributed by atoms with Gasteiger partial charge in [0.15, 0.2) is 0 Å². The van der Waals surface area contributed by atoms with Gasteiger partial charge >= 0.3 is 0 Å². The largest absolute Gasteiger partial charge is 0.325 e. The average molecular weight is 293 g/mol. The predicted molar refractivity (Wildman–Crippen MR) is 85.2 cm³/mol. The van der Waals surface area contributed by atoms with Crippen molar-refractivity contribution in [1.29, 1.82) is 0 Å². The number of carbonyl (C=O) groups is 2. The Balaban J connectivity index is 1.76. The predicted octanol–water partition coefficient (Wildman–Crippen LogP) is 3.02. The fraction of sp³-hybridized carbons (Fsp3) is 0.263. The first-order valence-electron chi connectivity index (χ1n) is 7.58. The Morgan fingerprint density at radius 1 is 1.05 bits per heavy atom. The fourth-order valence-corrected chi connectivity index (χ4v) is 3.17. The van der Waals surface area contributed by atoms with Crippen LogP contribution >= 0.6 is 0 Å². The lowest BCUT2D eigenvalue weighted by atomic mass is 9.81. The van der Waals surface area contributed by atoms with Crippen LogP contribution < -0.4 is 0 Å². The zero-order chi connectivity index (χ0) is 15.5. The molecule has 2 aromatic rings. The lowest BCUT2D eigenvalue weighted by Crippen LogP contribution is -2.62. The van der Waals surface area contributed by atoms with Gasteiger partial charge in [0.2, 0.25) is 5.91 Å². The SMILES string of the molecule is C[C@@H](c1ccccc1)N1C(=O)C(Cc2ccccc2)C1C=O. The molecule has 0 N–H and O–H groups in total. The summed E-state index contributed by atoms with van der Waals surface area (Å²) in [5.74, 6) is -0.164. The van der Waals surface area contributed by atoms with Crippen LogP contribution in [0.4, 0.5) is 0 Å². The van der Waals surface area contributed by atoms with Crippen LogP contribution in [-0.4, -0.2) is 23.1 Å². The molecule has 1 aliphatic heterocycles. The number of benzene rings is 2. The second kappa shape index (κ2) is 6.14. The van der Waals surface area contributed by atoms with Gasteiger partial charge in [-0.3, -0.25) is 4.79 Å². The molecule has 0 spiro atoms. The van der Waals surface area contributed by atoms with E-state index in [-0.39, 0.29) is 23.9 Å². The first-order valence-corrected chi connectivity index (χ1v) is 7.58. The molecule has 3 atom stereocenters. The van der Waals surface area contributed by atoms with E-state index in [4.69, 9.17) is 0 Å². The number of hydrogen-bond donors (Lipinski definition) is 0. The molecule has 1 aliphatic rings. The van der Waals surface area contributed by atoms with Crippen molar-refractivity contribution in [2.24, 2.45) is 5.92 Å². The third-order valence-corrected chi connectivity index (χ3v) is 4.44. The maximum Gasteiger partial charge on any atom is 0.229 e. The number of rotatable bonds is 5. The van der Waals surface area contributed by atoms with Crippen LogP contribution in [0.25, 0.3) is 0 Å². The summed E-state index contributed by atoms with van der Waals surface area (Å²) in [6.45, 7) is 1.97. The molecule has 2 unspecified atom stereocenters. The zero-order valence-electron chi connectivity index (χ0n) is 12.6. The minimum absolute atomic E-state index is 0.0670. The van der Waals surface area contributed by atoms with Crippen LogP contribution in [0.1, 0.15) is 24.1 Å². The third-order valence-electron chi connectivity index (χ3n) is 4.44. The zero-order valence-corrected chi connectivity index (χ0v) is 12.6. The van der Waals surface area contributed by atoms with Crippen LogP contribution in [0.3, 0.4) is 0 Å². The summed E-state index contributed by atoms with van der Waals surface area (Å²) in [7, 11) is 0. The molecule has 3 rings (SSSR count). The monoisotopic (exact) mass is 293 g/mol. The van der Waals surface area contributed by atoms with Crippen molar-refractivity contribution in [3.05, 3.63) is 71.8 Å². The highest BCUT2D eigenvalue weighted by Crippen LogP contribution is 2.36. The number of hydrogen-bond acceptors (Lipinski definition) is 2. The maximum absolute atomic E-state index is 12.5. The van der Waals surface area contributed by atoms with Crippen molar-refractivity contribution in [3.8, 4) is 0 Å². The molecule has 0 bridgehead atoms. The van der Waals surface area contributed by atoms with E-state index in [1.54, 1.807) is 4.90 Å². The fourth-order valence-electron chi connectivity index (χ4n) is 3.17. The summed E-state index contributed by atoms with van der Waals surface area (Å²) in [5, 5.41) is 0. The molecule has 0 radical (unpaired) electrons. The van der Waals surface area contributed by atoms with Crippen molar-refractivity contribution in [1.82, 2.24) is 4.90 Å². The highest BCUT2D eigenvalue weighted by molar-refractivity contribution is 5.93. The quantitative estimate of drug-likeness (QED) is 0.628. The second-order valence-electron chi connectivity index (χ2n) is 5.76. The number of nitrogens with zero attached hydrogens (tertiary/aromatic N) is 1. The molecule has 1 heterocycles. The lowest BCUT2D eigenvalue weighted by molar-refractivity contribution is -0.162. The molecule has 3 heteroatoms. The molecule has 3 nitrogen and oxygen atoms in total. The minimum atomic E-state index is -0.331. The number of aldehydes is 1.